The molecule has 0 fully saturated rings. The topological polar surface area (TPSA) is 28.2 Å². The fourth-order valence-electron chi connectivity index (χ4n) is 1.67. The number of pyridine rings is 1. The SMILES string of the molecule is CCC(NC)c1ccc(N(C)C(C)C)cn1. The van der Waals surface area contributed by atoms with E-state index in [1.165, 1.54) is 5.69 Å². The van der Waals surface area contributed by atoms with Crippen molar-refractivity contribution in [3.05, 3.63) is 24.0 Å². The zero-order chi connectivity index (χ0) is 12.1. The Balaban J connectivity index is 2.82. The summed E-state index contributed by atoms with van der Waals surface area (Å²) in [6.07, 6.45) is 3.01. The van der Waals surface area contributed by atoms with Gasteiger partial charge in [-0.05, 0) is 39.4 Å². The maximum atomic E-state index is 4.52. The minimum atomic E-state index is 0.360. The maximum Gasteiger partial charge on any atom is 0.0574 e. The minimum Gasteiger partial charge on any atom is -0.371 e. The maximum absolute atomic E-state index is 4.52. The Labute approximate surface area is 98.9 Å². The van der Waals surface area contributed by atoms with Crippen molar-refractivity contribution in [2.75, 3.05) is 19.0 Å². The molecule has 0 bridgehead atoms. The van der Waals surface area contributed by atoms with Gasteiger partial charge >= 0.3 is 0 Å². The molecule has 1 N–H and O–H groups in total. The van der Waals surface area contributed by atoms with Crippen molar-refractivity contribution >= 4 is 5.69 Å². The Morgan fingerprint density at radius 1 is 1.38 bits per heavy atom. The molecular weight excluding hydrogens is 198 g/mol. The molecule has 0 aliphatic rings. The highest BCUT2D eigenvalue weighted by Gasteiger charge is 2.09. The van der Waals surface area contributed by atoms with Crippen LogP contribution in [0.4, 0.5) is 5.69 Å². The van der Waals surface area contributed by atoms with Crippen molar-refractivity contribution in [1.29, 1.82) is 0 Å². The van der Waals surface area contributed by atoms with Crippen LogP contribution < -0.4 is 10.2 Å². The molecule has 0 amide bonds. The molecule has 16 heavy (non-hydrogen) atoms. The molecule has 3 nitrogen and oxygen atoms in total. The molecule has 1 atom stereocenters. The highest BCUT2D eigenvalue weighted by Crippen LogP contribution is 2.18. The summed E-state index contributed by atoms with van der Waals surface area (Å²) >= 11 is 0. The third kappa shape index (κ3) is 2.95. The summed E-state index contributed by atoms with van der Waals surface area (Å²) in [7, 11) is 4.07. The largest absolute Gasteiger partial charge is 0.371 e. The molecular formula is C13H23N3. The molecule has 0 aliphatic heterocycles. The second-order valence-electron chi connectivity index (χ2n) is 4.40. The van der Waals surface area contributed by atoms with E-state index in [2.05, 4.69) is 55.2 Å². The summed E-state index contributed by atoms with van der Waals surface area (Å²) in [5.74, 6) is 0. The van der Waals surface area contributed by atoms with Crippen LogP contribution in [-0.4, -0.2) is 25.1 Å². The average molecular weight is 221 g/mol. The number of hydrogen-bond donors (Lipinski definition) is 1. The van der Waals surface area contributed by atoms with Crippen LogP contribution >= 0.6 is 0 Å². The van der Waals surface area contributed by atoms with E-state index in [9.17, 15) is 0 Å². The van der Waals surface area contributed by atoms with E-state index in [1.807, 2.05) is 13.2 Å². The molecule has 0 saturated carbocycles. The van der Waals surface area contributed by atoms with Gasteiger partial charge in [-0.15, -0.1) is 0 Å². The standard InChI is InChI=1S/C13H23N3/c1-6-12(14-4)13-8-7-11(9-15-13)16(5)10(2)3/h7-10,12,14H,6H2,1-5H3. The van der Waals surface area contributed by atoms with Gasteiger partial charge in [0.1, 0.15) is 0 Å². The van der Waals surface area contributed by atoms with E-state index in [1.54, 1.807) is 0 Å². The van der Waals surface area contributed by atoms with Gasteiger partial charge in [-0.1, -0.05) is 6.92 Å². The normalized spacial score (nSPS) is 12.9. The molecule has 0 aliphatic carbocycles. The van der Waals surface area contributed by atoms with Crippen LogP contribution in [0.5, 0.6) is 0 Å². The summed E-state index contributed by atoms with van der Waals surface area (Å²) in [4.78, 5) is 6.74. The molecule has 0 aromatic carbocycles. The Bertz CT molecular complexity index is 280. The smallest absolute Gasteiger partial charge is 0.0574 e. The molecule has 1 aromatic rings. The van der Waals surface area contributed by atoms with Crippen LogP contribution in [0, 0.1) is 0 Å². The van der Waals surface area contributed by atoms with Crippen molar-refractivity contribution in [1.82, 2.24) is 10.3 Å². The molecule has 0 radical (unpaired) electrons. The van der Waals surface area contributed by atoms with E-state index in [0.717, 1.165) is 12.1 Å². The fourth-order valence-corrected chi connectivity index (χ4v) is 1.67. The van der Waals surface area contributed by atoms with Crippen LogP contribution in [0.1, 0.15) is 38.9 Å². The predicted molar refractivity (Wildman–Crippen MR) is 69.9 cm³/mol. The van der Waals surface area contributed by atoms with Gasteiger partial charge in [-0.2, -0.15) is 0 Å². The van der Waals surface area contributed by atoms with Gasteiger partial charge in [0.25, 0.3) is 0 Å². The van der Waals surface area contributed by atoms with Gasteiger partial charge in [-0.3, -0.25) is 4.98 Å². The molecule has 0 saturated heterocycles. The third-order valence-corrected chi connectivity index (χ3v) is 3.07. The van der Waals surface area contributed by atoms with Crippen molar-refractivity contribution in [2.45, 2.75) is 39.3 Å². The second-order valence-corrected chi connectivity index (χ2v) is 4.40. The van der Waals surface area contributed by atoms with E-state index in [4.69, 9.17) is 0 Å². The van der Waals surface area contributed by atoms with Crippen molar-refractivity contribution in [3.8, 4) is 0 Å². The molecule has 3 heteroatoms. The first kappa shape index (κ1) is 13.0. The minimum absolute atomic E-state index is 0.360. The number of aromatic nitrogens is 1. The van der Waals surface area contributed by atoms with E-state index in [-0.39, 0.29) is 0 Å². The fraction of sp³-hybridized carbons (Fsp3) is 0.615. The van der Waals surface area contributed by atoms with Gasteiger partial charge in [0, 0.05) is 19.1 Å². The van der Waals surface area contributed by atoms with Crippen LogP contribution in [0.25, 0.3) is 0 Å². The number of nitrogens with one attached hydrogen (secondary N) is 1. The first-order valence-corrected chi connectivity index (χ1v) is 5.96. The van der Waals surface area contributed by atoms with E-state index < -0.39 is 0 Å². The first-order valence-electron chi connectivity index (χ1n) is 5.96. The number of nitrogens with zero attached hydrogens (tertiary/aromatic N) is 2. The lowest BCUT2D eigenvalue weighted by Gasteiger charge is -2.24. The van der Waals surface area contributed by atoms with Crippen LogP contribution in [0.3, 0.4) is 0 Å². The summed E-state index contributed by atoms with van der Waals surface area (Å²) in [5, 5.41) is 3.26. The monoisotopic (exact) mass is 221 g/mol. The Hall–Kier alpha value is -1.09. The zero-order valence-corrected chi connectivity index (χ0v) is 11.0. The summed E-state index contributed by atoms with van der Waals surface area (Å²) < 4.78 is 0. The summed E-state index contributed by atoms with van der Waals surface area (Å²) in [5.41, 5.74) is 2.29. The summed E-state index contributed by atoms with van der Waals surface area (Å²) in [6.45, 7) is 6.52. The average Bonchev–Trinajstić information content (AvgIpc) is 2.30. The lowest BCUT2D eigenvalue weighted by Crippen LogP contribution is -2.26. The van der Waals surface area contributed by atoms with Crippen molar-refractivity contribution < 1.29 is 0 Å². The van der Waals surface area contributed by atoms with Crippen LogP contribution in [-0.2, 0) is 0 Å². The lowest BCUT2D eigenvalue weighted by atomic mass is 10.1. The molecule has 90 valence electrons. The highest BCUT2D eigenvalue weighted by molar-refractivity contribution is 5.44. The quantitative estimate of drug-likeness (QED) is 0.828. The molecule has 1 rings (SSSR count). The number of anilines is 1. The lowest BCUT2D eigenvalue weighted by molar-refractivity contribution is 0.561. The van der Waals surface area contributed by atoms with Crippen LogP contribution in [0.2, 0.25) is 0 Å². The van der Waals surface area contributed by atoms with Gasteiger partial charge in [0.2, 0.25) is 0 Å². The van der Waals surface area contributed by atoms with E-state index >= 15 is 0 Å². The molecule has 1 heterocycles. The van der Waals surface area contributed by atoms with E-state index in [0.29, 0.717) is 12.1 Å². The molecule has 1 unspecified atom stereocenters. The van der Waals surface area contributed by atoms with Gasteiger partial charge in [0.15, 0.2) is 0 Å². The molecule has 1 aromatic heterocycles. The predicted octanol–water partition coefficient (Wildman–Crippen LogP) is 2.60. The zero-order valence-electron chi connectivity index (χ0n) is 11.0. The second kappa shape index (κ2) is 5.85. The van der Waals surface area contributed by atoms with Crippen molar-refractivity contribution in [2.24, 2.45) is 0 Å². The summed E-state index contributed by atoms with van der Waals surface area (Å²) in [6, 6.07) is 5.11. The Kier molecular flexibility index (Phi) is 4.74. The van der Waals surface area contributed by atoms with Gasteiger partial charge < -0.3 is 10.2 Å². The van der Waals surface area contributed by atoms with Crippen LogP contribution in [0.15, 0.2) is 18.3 Å². The molecule has 0 spiro atoms. The van der Waals surface area contributed by atoms with Crippen molar-refractivity contribution in [3.63, 3.8) is 0 Å². The highest BCUT2D eigenvalue weighted by atomic mass is 15.1. The third-order valence-electron chi connectivity index (χ3n) is 3.07. The number of rotatable bonds is 5. The van der Waals surface area contributed by atoms with Gasteiger partial charge in [0.05, 0.1) is 17.6 Å². The van der Waals surface area contributed by atoms with Gasteiger partial charge in [-0.25, -0.2) is 0 Å². The first-order chi connectivity index (χ1) is 7.60. The Morgan fingerprint density at radius 3 is 2.44 bits per heavy atom. The number of hydrogen-bond acceptors (Lipinski definition) is 3. The Morgan fingerprint density at radius 2 is 2.06 bits per heavy atom.